The van der Waals surface area contributed by atoms with Crippen molar-refractivity contribution in [1.29, 1.82) is 0 Å². The zero-order valence-electron chi connectivity index (χ0n) is 14.2. The number of nitrogens with one attached hydrogen (secondary N) is 2. The third kappa shape index (κ3) is 4.24. The number of anilines is 1. The smallest absolute Gasteiger partial charge is 0.255 e. The molecule has 2 aromatic rings. The second-order valence-electron chi connectivity index (χ2n) is 5.89. The summed E-state index contributed by atoms with van der Waals surface area (Å²) >= 11 is 4.34. The summed E-state index contributed by atoms with van der Waals surface area (Å²) in [6.07, 6.45) is 0.613. The van der Waals surface area contributed by atoms with Gasteiger partial charge in [-0.15, -0.1) is 10.2 Å². The van der Waals surface area contributed by atoms with Gasteiger partial charge < -0.3 is 4.98 Å². The number of rotatable bonds is 6. The number of carbonyl (C=O) groups excluding carboxylic acids is 1. The Bertz CT molecular complexity index is 833. The first-order chi connectivity index (χ1) is 12.0. The fourth-order valence-corrected chi connectivity index (χ4v) is 4.96. The third-order valence-corrected chi connectivity index (χ3v) is 7.00. The topological polar surface area (TPSA) is 101 Å². The molecule has 25 heavy (non-hydrogen) atoms. The standard InChI is InChI=1S/C15H19N5O2S3/c1-4-10(12(22)18-15-20-19-13(25-15)7(2)3)24-14-16-9-6-23-5-8(9)11(21)17-14/h7,10H,4-6H2,1-3H3,(H,16,17,21)(H,18,20,22). The second kappa shape index (κ2) is 7.88. The normalized spacial score (nSPS) is 14.6. The summed E-state index contributed by atoms with van der Waals surface area (Å²) in [5.74, 6) is 1.57. The van der Waals surface area contributed by atoms with Crippen LogP contribution in [0.5, 0.6) is 0 Å². The summed E-state index contributed by atoms with van der Waals surface area (Å²) < 4.78 is 0. The van der Waals surface area contributed by atoms with Gasteiger partial charge in [0.05, 0.1) is 10.9 Å². The van der Waals surface area contributed by atoms with Crippen LogP contribution in [0.25, 0.3) is 0 Å². The average Bonchev–Trinajstić information content (AvgIpc) is 3.21. The molecule has 2 aromatic heterocycles. The van der Waals surface area contributed by atoms with Crippen molar-refractivity contribution in [2.45, 2.75) is 55.0 Å². The van der Waals surface area contributed by atoms with Crippen molar-refractivity contribution in [2.75, 3.05) is 5.32 Å². The molecule has 7 nitrogen and oxygen atoms in total. The molecule has 1 atom stereocenters. The van der Waals surface area contributed by atoms with Gasteiger partial charge in [-0.05, 0) is 6.42 Å². The minimum Gasteiger partial charge on any atom is -0.301 e. The van der Waals surface area contributed by atoms with Crippen molar-refractivity contribution >= 4 is 45.9 Å². The predicted molar refractivity (Wildman–Crippen MR) is 102 cm³/mol. The van der Waals surface area contributed by atoms with Crippen LogP contribution < -0.4 is 10.9 Å². The fraction of sp³-hybridized carbons (Fsp3) is 0.533. The first-order valence-corrected chi connectivity index (χ1v) is 10.8. The lowest BCUT2D eigenvalue weighted by atomic mass is 10.2. The largest absolute Gasteiger partial charge is 0.301 e. The molecule has 0 saturated heterocycles. The van der Waals surface area contributed by atoms with Gasteiger partial charge in [-0.1, -0.05) is 43.9 Å². The van der Waals surface area contributed by atoms with Crippen molar-refractivity contribution in [1.82, 2.24) is 20.2 Å². The van der Waals surface area contributed by atoms with E-state index < -0.39 is 0 Å². The maximum absolute atomic E-state index is 12.5. The summed E-state index contributed by atoms with van der Waals surface area (Å²) in [5.41, 5.74) is 1.48. The van der Waals surface area contributed by atoms with Crippen LogP contribution >= 0.6 is 34.9 Å². The van der Waals surface area contributed by atoms with Gasteiger partial charge in [-0.25, -0.2) is 4.98 Å². The minimum absolute atomic E-state index is 0.0986. The van der Waals surface area contributed by atoms with Gasteiger partial charge in [-0.2, -0.15) is 11.8 Å². The van der Waals surface area contributed by atoms with Gasteiger partial charge in [0, 0.05) is 23.0 Å². The first-order valence-electron chi connectivity index (χ1n) is 7.98. The molecule has 0 bridgehead atoms. The quantitative estimate of drug-likeness (QED) is 0.571. The highest BCUT2D eigenvalue weighted by Gasteiger charge is 2.23. The van der Waals surface area contributed by atoms with Crippen LogP contribution in [0.3, 0.4) is 0 Å². The molecule has 1 aliphatic heterocycles. The number of hydrogen-bond donors (Lipinski definition) is 2. The van der Waals surface area contributed by atoms with Crippen LogP contribution in [0.4, 0.5) is 5.13 Å². The number of aromatic amines is 1. The highest BCUT2D eigenvalue weighted by Crippen LogP contribution is 2.29. The number of carbonyl (C=O) groups is 1. The van der Waals surface area contributed by atoms with Gasteiger partial charge in [0.15, 0.2) is 5.16 Å². The van der Waals surface area contributed by atoms with Crippen molar-refractivity contribution < 1.29 is 4.79 Å². The molecule has 0 spiro atoms. The van der Waals surface area contributed by atoms with Crippen molar-refractivity contribution in [3.05, 3.63) is 26.6 Å². The number of nitrogens with zero attached hydrogens (tertiary/aromatic N) is 3. The van der Waals surface area contributed by atoms with Crippen molar-refractivity contribution in [3.8, 4) is 0 Å². The maximum atomic E-state index is 12.5. The Labute approximate surface area is 157 Å². The highest BCUT2D eigenvalue weighted by molar-refractivity contribution is 8.00. The Morgan fingerprint density at radius 2 is 2.16 bits per heavy atom. The summed E-state index contributed by atoms with van der Waals surface area (Å²) in [5, 5.41) is 12.4. The number of H-pyrrole nitrogens is 1. The summed E-state index contributed by atoms with van der Waals surface area (Å²) in [7, 11) is 0. The highest BCUT2D eigenvalue weighted by atomic mass is 32.2. The summed E-state index contributed by atoms with van der Waals surface area (Å²) in [4.78, 5) is 31.9. The average molecular weight is 398 g/mol. The van der Waals surface area contributed by atoms with E-state index in [4.69, 9.17) is 0 Å². The lowest BCUT2D eigenvalue weighted by Gasteiger charge is -2.13. The van der Waals surface area contributed by atoms with E-state index in [0.29, 0.717) is 22.5 Å². The van der Waals surface area contributed by atoms with Crippen LogP contribution in [-0.2, 0) is 16.3 Å². The monoisotopic (exact) mass is 397 g/mol. The maximum Gasteiger partial charge on any atom is 0.255 e. The van der Waals surface area contributed by atoms with E-state index in [-0.39, 0.29) is 22.6 Å². The lowest BCUT2D eigenvalue weighted by molar-refractivity contribution is -0.115. The molecule has 0 fully saturated rings. The van der Waals surface area contributed by atoms with Crippen LogP contribution in [0.15, 0.2) is 9.95 Å². The van der Waals surface area contributed by atoms with E-state index in [2.05, 4.69) is 25.5 Å². The Hall–Kier alpha value is -1.39. The fourth-order valence-electron chi connectivity index (χ4n) is 2.26. The Kier molecular flexibility index (Phi) is 5.80. The van der Waals surface area contributed by atoms with Crippen molar-refractivity contribution in [2.24, 2.45) is 0 Å². The second-order valence-corrected chi connectivity index (χ2v) is 9.08. The Morgan fingerprint density at radius 1 is 1.36 bits per heavy atom. The predicted octanol–water partition coefficient (Wildman–Crippen LogP) is 3.00. The van der Waals surface area contributed by atoms with Gasteiger partial charge in [-0.3, -0.25) is 14.9 Å². The number of aromatic nitrogens is 4. The molecule has 0 aromatic carbocycles. The van der Waals surface area contributed by atoms with Crippen LogP contribution in [0.2, 0.25) is 0 Å². The van der Waals surface area contributed by atoms with E-state index in [1.54, 1.807) is 11.8 Å². The van der Waals surface area contributed by atoms with E-state index >= 15 is 0 Å². The van der Waals surface area contributed by atoms with E-state index in [1.807, 2.05) is 20.8 Å². The molecule has 3 heterocycles. The summed E-state index contributed by atoms with van der Waals surface area (Å²) in [6, 6.07) is 0. The number of hydrogen-bond acceptors (Lipinski definition) is 8. The molecule has 0 saturated carbocycles. The van der Waals surface area contributed by atoms with Gasteiger partial charge >= 0.3 is 0 Å². The minimum atomic E-state index is -0.360. The van der Waals surface area contributed by atoms with Gasteiger partial charge in [0.25, 0.3) is 5.56 Å². The first kappa shape index (κ1) is 18.4. The molecule has 1 amide bonds. The van der Waals surface area contributed by atoms with Crippen LogP contribution in [0, 0.1) is 0 Å². The molecule has 134 valence electrons. The van der Waals surface area contributed by atoms with Gasteiger partial charge in [0.1, 0.15) is 5.01 Å². The molecule has 1 unspecified atom stereocenters. The summed E-state index contributed by atoms with van der Waals surface area (Å²) in [6.45, 7) is 5.99. The molecule has 1 aliphatic rings. The Balaban J connectivity index is 1.70. The molecule has 2 N–H and O–H groups in total. The van der Waals surface area contributed by atoms with E-state index in [9.17, 15) is 9.59 Å². The van der Waals surface area contributed by atoms with Crippen molar-refractivity contribution in [3.63, 3.8) is 0 Å². The van der Waals surface area contributed by atoms with E-state index in [1.165, 1.54) is 23.1 Å². The van der Waals surface area contributed by atoms with Crippen LogP contribution in [-0.4, -0.2) is 31.3 Å². The molecule has 0 aliphatic carbocycles. The molecular weight excluding hydrogens is 378 g/mol. The zero-order chi connectivity index (χ0) is 18.0. The molecular formula is C15H19N5O2S3. The molecule has 3 rings (SSSR count). The molecule has 0 radical (unpaired) electrons. The number of amides is 1. The number of thioether (sulfide) groups is 2. The Morgan fingerprint density at radius 3 is 2.84 bits per heavy atom. The van der Waals surface area contributed by atoms with E-state index in [0.717, 1.165) is 22.0 Å². The lowest BCUT2D eigenvalue weighted by Crippen LogP contribution is -2.25. The SMILES string of the molecule is CCC(Sc1nc2c(c(=O)[nH]1)CSC2)C(=O)Nc1nnc(C(C)C)s1. The zero-order valence-corrected chi connectivity index (χ0v) is 16.6. The van der Waals surface area contributed by atoms with Crippen LogP contribution in [0.1, 0.15) is 49.4 Å². The third-order valence-electron chi connectivity index (χ3n) is 3.65. The number of fused-ring (bicyclic) bond motifs is 1. The molecule has 10 heteroatoms. The van der Waals surface area contributed by atoms with Gasteiger partial charge in [0.2, 0.25) is 11.0 Å².